The maximum atomic E-state index is 10.2. The second-order valence-electron chi connectivity index (χ2n) is 19.8. The van der Waals surface area contributed by atoms with Crippen LogP contribution in [-0.4, -0.2) is 54.0 Å². The van der Waals surface area contributed by atoms with Crippen LogP contribution in [0.3, 0.4) is 0 Å². The second-order valence-corrected chi connectivity index (χ2v) is 19.8. The van der Waals surface area contributed by atoms with Gasteiger partial charge in [0.25, 0.3) is 0 Å². The number of nitriles is 1. The number of hydrogen-bond donors (Lipinski definition) is 0. The minimum absolute atomic E-state index is 0.486. The van der Waals surface area contributed by atoms with Crippen molar-refractivity contribution in [3.05, 3.63) is 235 Å². The van der Waals surface area contributed by atoms with Gasteiger partial charge in [-0.1, -0.05) is 127 Å². The first-order valence-corrected chi connectivity index (χ1v) is 26.3. The van der Waals surface area contributed by atoms with Crippen molar-refractivity contribution in [1.29, 1.82) is 5.26 Å². The number of aryl methyl sites for hydroxylation is 4. The Hall–Kier alpha value is -10.9. The van der Waals surface area contributed by atoms with Crippen molar-refractivity contribution in [1.82, 2.24) is 54.0 Å². The van der Waals surface area contributed by atoms with Crippen molar-refractivity contribution < 1.29 is 0 Å². The van der Waals surface area contributed by atoms with Gasteiger partial charge in [0, 0.05) is 49.4 Å². The Morgan fingerprint density at radius 1 is 0.300 bits per heavy atom. The van der Waals surface area contributed by atoms with Crippen LogP contribution in [0.2, 0.25) is 0 Å². The normalized spacial score (nSPS) is 11.5. The number of nitrogens with zero attached hydrogens (tertiary/aromatic N) is 12. The van der Waals surface area contributed by atoms with E-state index in [9.17, 15) is 5.26 Å². The molecule has 5 aromatic heterocycles. The predicted octanol–water partition coefficient (Wildman–Crippen LogP) is 15.2. The van der Waals surface area contributed by atoms with Crippen LogP contribution >= 0.6 is 0 Å². The van der Waals surface area contributed by atoms with Gasteiger partial charge >= 0.3 is 0 Å². The third-order valence-electron chi connectivity index (χ3n) is 14.6. The highest BCUT2D eigenvalue weighted by Crippen LogP contribution is 2.46. The summed E-state index contributed by atoms with van der Waals surface area (Å²) in [7, 11) is 0. The van der Waals surface area contributed by atoms with E-state index in [2.05, 4.69) is 153 Å². The molecule has 5 heterocycles. The first-order chi connectivity index (χ1) is 39.2. The maximum absolute atomic E-state index is 10.2. The zero-order valence-electron chi connectivity index (χ0n) is 44.0. The Labute approximate surface area is 460 Å². The number of fused-ring (bicyclic) bond motifs is 6. The van der Waals surface area contributed by atoms with E-state index < -0.39 is 0 Å². The average molecular weight is 1030 g/mol. The number of para-hydroxylation sites is 2. The highest BCUT2D eigenvalue weighted by Gasteiger charge is 2.26. The lowest BCUT2D eigenvalue weighted by Gasteiger charge is -2.21. The van der Waals surface area contributed by atoms with Gasteiger partial charge in [-0.25, -0.2) is 44.9 Å². The van der Waals surface area contributed by atoms with E-state index in [4.69, 9.17) is 34.9 Å². The molecule has 9 aromatic carbocycles. The summed E-state index contributed by atoms with van der Waals surface area (Å²) in [5.74, 6) is 5.46. The fourth-order valence-electron chi connectivity index (χ4n) is 11.2. The molecule has 0 amide bonds. The van der Waals surface area contributed by atoms with E-state index in [1.807, 2.05) is 107 Å². The Bertz CT molecular complexity index is 4740. The van der Waals surface area contributed by atoms with Gasteiger partial charge in [-0.2, -0.15) is 5.26 Å². The van der Waals surface area contributed by atoms with Crippen LogP contribution in [0.4, 0.5) is 0 Å². The van der Waals surface area contributed by atoms with Crippen molar-refractivity contribution in [3.8, 4) is 96.6 Å². The number of aromatic nitrogens is 11. The lowest BCUT2D eigenvalue weighted by molar-refractivity contribution is 0.928. The summed E-state index contributed by atoms with van der Waals surface area (Å²) in [5.41, 5.74) is 14.2. The molecule has 14 aromatic rings. The largest absolute Gasteiger partial charge is 0.309 e. The SMILES string of the molecule is Cc1nc(C)nc(-c2ccc3c(c2)c2ccccc2n3-c2ccc(-c3cccc(C#N)c3)cc2-c2cccc(-n3c4ccccc4c4cc(-c5nc(C)nc(C)n5)ccc43)c2-c2nc(-c3ccccc3)nc(-c3ccccc3)n2)n1. The number of rotatable bonds is 9. The Balaban J connectivity index is 1.11. The third kappa shape index (κ3) is 8.29. The quantitative estimate of drug-likeness (QED) is 0.137. The molecule has 0 atom stereocenters. The van der Waals surface area contributed by atoms with Gasteiger partial charge in [-0.3, -0.25) is 0 Å². The van der Waals surface area contributed by atoms with Gasteiger partial charge in [0.05, 0.1) is 50.6 Å². The van der Waals surface area contributed by atoms with Crippen LogP contribution < -0.4 is 0 Å². The van der Waals surface area contributed by atoms with Crippen molar-refractivity contribution in [3.63, 3.8) is 0 Å². The van der Waals surface area contributed by atoms with E-state index in [1.165, 1.54) is 0 Å². The average Bonchev–Trinajstić information content (AvgIpc) is 4.15. The first kappa shape index (κ1) is 47.5. The van der Waals surface area contributed by atoms with Crippen LogP contribution in [0.1, 0.15) is 28.9 Å². The standard InChI is InChI=1S/C68H46N12/c1-40-70-41(2)73-66(72-40)49-30-33-59-54(37-49)51-23-11-13-26-57(51)79(59)61-32-29-48(47-22-15-17-44(35-47)39-69)36-56(61)53-25-16-28-62(63(53)68-77-64(45-18-7-5-8-19-45)76-65(78-68)46-20-9-6-10-21-46)80-58-27-14-12-24-52(58)55-38-50(31-34-60(55)80)67-74-42(3)71-43(4)75-67/h5-38H,1-4H3. The zero-order valence-corrected chi connectivity index (χ0v) is 44.0. The Morgan fingerprint density at radius 3 is 1.29 bits per heavy atom. The van der Waals surface area contributed by atoms with E-state index in [-0.39, 0.29) is 0 Å². The minimum atomic E-state index is 0.486. The van der Waals surface area contributed by atoms with Crippen molar-refractivity contribution in [2.75, 3.05) is 0 Å². The van der Waals surface area contributed by atoms with Crippen LogP contribution in [0, 0.1) is 39.0 Å². The fraction of sp³-hybridized carbons (Fsp3) is 0.0588. The molecule has 0 aliphatic carbocycles. The molecule has 0 N–H and O–H groups in total. The predicted molar refractivity (Wildman–Crippen MR) is 317 cm³/mol. The molecular weight excluding hydrogens is 985 g/mol. The molecule has 14 rings (SSSR count). The number of benzene rings is 9. The van der Waals surface area contributed by atoms with Crippen molar-refractivity contribution in [2.24, 2.45) is 0 Å². The molecule has 0 fully saturated rings. The lowest BCUT2D eigenvalue weighted by atomic mass is 9.92. The van der Waals surface area contributed by atoms with Crippen LogP contribution in [0.25, 0.3) is 134 Å². The van der Waals surface area contributed by atoms with Gasteiger partial charge < -0.3 is 9.13 Å². The third-order valence-corrected chi connectivity index (χ3v) is 14.6. The summed E-state index contributed by atoms with van der Waals surface area (Å²) >= 11 is 0. The van der Waals surface area contributed by atoms with Crippen LogP contribution in [-0.2, 0) is 0 Å². The molecule has 0 saturated heterocycles. The van der Waals surface area contributed by atoms with Crippen molar-refractivity contribution in [2.45, 2.75) is 27.7 Å². The molecule has 0 bridgehead atoms. The Morgan fingerprint density at radius 2 is 0.738 bits per heavy atom. The maximum Gasteiger partial charge on any atom is 0.166 e. The summed E-state index contributed by atoms with van der Waals surface area (Å²) in [6, 6.07) is 73.3. The fourth-order valence-corrected chi connectivity index (χ4v) is 11.2. The monoisotopic (exact) mass is 1030 g/mol. The van der Waals surface area contributed by atoms with Gasteiger partial charge in [-0.15, -0.1) is 0 Å². The molecule has 0 spiro atoms. The molecule has 0 unspecified atom stereocenters. The van der Waals surface area contributed by atoms with Crippen LogP contribution in [0.5, 0.6) is 0 Å². The van der Waals surface area contributed by atoms with Gasteiger partial charge in [0.2, 0.25) is 0 Å². The van der Waals surface area contributed by atoms with Gasteiger partial charge in [0.15, 0.2) is 29.1 Å². The zero-order chi connectivity index (χ0) is 54.0. The summed E-state index contributed by atoms with van der Waals surface area (Å²) in [4.78, 5) is 44.3. The highest BCUT2D eigenvalue weighted by atomic mass is 15.1. The lowest BCUT2D eigenvalue weighted by Crippen LogP contribution is -2.06. The van der Waals surface area contributed by atoms with Gasteiger partial charge in [-0.05, 0) is 123 Å². The van der Waals surface area contributed by atoms with E-state index in [0.717, 1.165) is 105 Å². The summed E-state index contributed by atoms with van der Waals surface area (Å²) in [6.07, 6.45) is 0. The topological polar surface area (TPSA) is 150 Å². The molecule has 0 radical (unpaired) electrons. The molecular formula is C68H46N12. The van der Waals surface area contributed by atoms with Gasteiger partial charge in [0.1, 0.15) is 23.3 Å². The molecule has 0 aliphatic rings. The Kier molecular flexibility index (Phi) is 11.5. The van der Waals surface area contributed by atoms with E-state index >= 15 is 0 Å². The number of hydrogen-bond acceptors (Lipinski definition) is 10. The highest BCUT2D eigenvalue weighted by molar-refractivity contribution is 6.13. The summed E-state index contributed by atoms with van der Waals surface area (Å²) in [5, 5.41) is 14.4. The molecule has 0 aliphatic heterocycles. The van der Waals surface area contributed by atoms with E-state index in [1.54, 1.807) is 0 Å². The first-order valence-electron chi connectivity index (χ1n) is 26.3. The minimum Gasteiger partial charge on any atom is -0.309 e. The van der Waals surface area contributed by atoms with Crippen LogP contribution in [0.15, 0.2) is 206 Å². The van der Waals surface area contributed by atoms with Crippen molar-refractivity contribution >= 4 is 43.6 Å². The molecule has 378 valence electrons. The van der Waals surface area contributed by atoms with E-state index in [0.29, 0.717) is 58.0 Å². The molecule has 12 heteroatoms. The summed E-state index contributed by atoms with van der Waals surface area (Å²) in [6.45, 7) is 7.58. The molecule has 80 heavy (non-hydrogen) atoms. The smallest absolute Gasteiger partial charge is 0.166 e. The summed E-state index contributed by atoms with van der Waals surface area (Å²) < 4.78 is 4.68. The molecule has 0 saturated carbocycles. The molecule has 12 nitrogen and oxygen atoms in total. The second kappa shape index (κ2) is 19.3.